The van der Waals surface area contributed by atoms with Crippen LogP contribution in [0.5, 0.6) is 0 Å². The zero-order valence-electron chi connectivity index (χ0n) is 6.96. The smallest absolute Gasteiger partial charge is 0.134 e. The van der Waals surface area contributed by atoms with E-state index in [1.165, 1.54) is 0 Å². The first-order valence-electron chi connectivity index (χ1n) is 3.93. The fourth-order valence-electron chi connectivity index (χ4n) is 1.17. The molecular formula is C11H8BrO. The molecule has 2 heteroatoms. The maximum absolute atomic E-state index is 5.39. The average Bonchev–Trinajstić information content (AvgIpc) is 2.52. The van der Waals surface area contributed by atoms with Crippen LogP contribution in [-0.4, -0.2) is 0 Å². The average molecular weight is 236 g/mol. The Morgan fingerprint density at radius 1 is 1.15 bits per heavy atom. The van der Waals surface area contributed by atoms with Gasteiger partial charge in [-0.05, 0) is 24.3 Å². The highest BCUT2D eigenvalue weighted by Crippen LogP contribution is 2.24. The third-order valence-electron chi connectivity index (χ3n) is 1.77. The van der Waals surface area contributed by atoms with Crippen LogP contribution in [0.4, 0.5) is 0 Å². The molecule has 0 spiro atoms. The maximum atomic E-state index is 5.39. The van der Waals surface area contributed by atoms with Gasteiger partial charge >= 0.3 is 0 Å². The number of furan rings is 1. The van der Waals surface area contributed by atoms with Crippen molar-refractivity contribution >= 4 is 15.9 Å². The normalized spacial score (nSPS) is 10.3. The van der Waals surface area contributed by atoms with E-state index in [0.717, 1.165) is 15.8 Å². The van der Waals surface area contributed by atoms with Crippen molar-refractivity contribution in [2.45, 2.75) is 0 Å². The molecule has 0 fully saturated rings. The molecule has 1 aromatic heterocycles. The van der Waals surface area contributed by atoms with Gasteiger partial charge in [0.25, 0.3) is 0 Å². The highest BCUT2D eigenvalue weighted by molar-refractivity contribution is 9.10. The van der Waals surface area contributed by atoms with Gasteiger partial charge in [-0.15, -0.1) is 0 Å². The second-order valence-corrected chi connectivity index (χ2v) is 3.69. The van der Waals surface area contributed by atoms with Crippen LogP contribution in [0, 0.1) is 6.92 Å². The molecule has 0 aliphatic rings. The Morgan fingerprint density at radius 3 is 2.62 bits per heavy atom. The van der Waals surface area contributed by atoms with Crippen LogP contribution in [0.3, 0.4) is 0 Å². The first kappa shape index (κ1) is 8.57. The van der Waals surface area contributed by atoms with Crippen LogP contribution in [0.1, 0.15) is 5.76 Å². The monoisotopic (exact) mass is 235 g/mol. The molecule has 0 unspecified atom stereocenters. The van der Waals surface area contributed by atoms with Gasteiger partial charge < -0.3 is 4.42 Å². The summed E-state index contributed by atoms with van der Waals surface area (Å²) in [4.78, 5) is 0. The molecule has 0 bridgehead atoms. The Kier molecular flexibility index (Phi) is 2.23. The second kappa shape index (κ2) is 3.38. The van der Waals surface area contributed by atoms with Crippen molar-refractivity contribution in [2.75, 3.05) is 0 Å². The lowest BCUT2D eigenvalue weighted by atomic mass is 10.2. The van der Waals surface area contributed by atoms with Crippen molar-refractivity contribution < 1.29 is 4.42 Å². The van der Waals surface area contributed by atoms with Gasteiger partial charge in [0.05, 0.1) is 0 Å². The molecule has 1 heterocycles. The summed E-state index contributed by atoms with van der Waals surface area (Å²) in [7, 11) is 0. The first-order valence-corrected chi connectivity index (χ1v) is 4.73. The van der Waals surface area contributed by atoms with E-state index in [-0.39, 0.29) is 0 Å². The standard InChI is InChI=1S/C11H8BrO/c1-8-5-6-11(13-8)9-3-2-4-10(12)7-9/h2-7H,1H2. The van der Waals surface area contributed by atoms with E-state index in [2.05, 4.69) is 22.9 Å². The predicted molar refractivity (Wildman–Crippen MR) is 56.3 cm³/mol. The highest BCUT2D eigenvalue weighted by atomic mass is 79.9. The SMILES string of the molecule is [CH2]c1ccc(-c2cccc(Br)c2)o1. The van der Waals surface area contributed by atoms with Gasteiger partial charge in [-0.25, -0.2) is 0 Å². The summed E-state index contributed by atoms with van der Waals surface area (Å²) in [5.74, 6) is 1.54. The van der Waals surface area contributed by atoms with Gasteiger partial charge in [0.2, 0.25) is 0 Å². The van der Waals surface area contributed by atoms with Crippen molar-refractivity contribution in [1.29, 1.82) is 0 Å². The van der Waals surface area contributed by atoms with Crippen molar-refractivity contribution in [3.63, 3.8) is 0 Å². The molecule has 0 saturated carbocycles. The molecular weight excluding hydrogens is 228 g/mol. The summed E-state index contributed by atoms with van der Waals surface area (Å²) < 4.78 is 6.44. The molecule has 0 saturated heterocycles. The molecule has 65 valence electrons. The van der Waals surface area contributed by atoms with Crippen molar-refractivity contribution in [3.8, 4) is 11.3 Å². The Morgan fingerprint density at radius 2 is 2.00 bits per heavy atom. The molecule has 2 aromatic rings. The lowest BCUT2D eigenvalue weighted by molar-refractivity contribution is 0.563. The van der Waals surface area contributed by atoms with Gasteiger partial charge in [0.1, 0.15) is 11.5 Å². The summed E-state index contributed by atoms with van der Waals surface area (Å²) >= 11 is 3.41. The van der Waals surface area contributed by atoms with E-state index < -0.39 is 0 Å². The maximum Gasteiger partial charge on any atom is 0.134 e. The van der Waals surface area contributed by atoms with Gasteiger partial charge in [-0.2, -0.15) is 0 Å². The Labute approximate surface area is 85.5 Å². The minimum Gasteiger partial charge on any atom is -0.461 e. The summed E-state index contributed by atoms with van der Waals surface area (Å²) in [5.41, 5.74) is 1.06. The van der Waals surface area contributed by atoms with Gasteiger partial charge in [0.15, 0.2) is 0 Å². The number of hydrogen-bond acceptors (Lipinski definition) is 1. The fourth-order valence-corrected chi connectivity index (χ4v) is 1.57. The quantitative estimate of drug-likeness (QED) is 0.731. The Bertz CT molecular complexity index is 418. The molecule has 1 radical (unpaired) electrons. The van der Waals surface area contributed by atoms with Crippen molar-refractivity contribution in [1.82, 2.24) is 0 Å². The first-order chi connectivity index (χ1) is 6.25. The summed E-state index contributed by atoms with van der Waals surface area (Å²) in [6, 6.07) is 11.8. The Hall–Kier alpha value is -1.02. The minimum atomic E-state index is 0.690. The molecule has 1 aromatic carbocycles. The third kappa shape index (κ3) is 1.83. The van der Waals surface area contributed by atoms with E-state index in [9.17, 15) is 0 Å². The number of halogens is 1. The second-order valence-electron chi connectivity index (χ2n) is 2.78. The summed E-state index contributed by atoms with van der Waals surface area (Å²) in [6.45, 7) is 3.71. The molecule has 0 aliphatic carbocycles. The zero-order chi connectivity index (χ0) is 9.26. The largest absolute Gasteiger partial charge is 0.461 e. The van der Waals surface area contributed by atoms with Crippen LogP contribution in [-0.2, 0) is 0 Å². The van der Waals surface area contributed by atoms with Gasteiger partial charge in [0, 0.05) is 17.0 Å². The van der Waals surface area contributed by atoms with E-state index in [1.54, 1.807) is 0 Å². The van der Waals surface area contributed by atoms with Crippen LogP contribution in [0.2, 0.25) is 0 Å². The molecule has 2 rings (SSSR count). The summed E-state index contributed by atoms with van der Waals surface area (Å²) in [6.07, 6.45) is 0. The van der Waals surface area contributed by atoms with Crippen LogP contribution < -0.4 is 0 Å². The molecule has 0 atom stereocenters. The predicted octanol–water partition coefficient (Wildman–Crippen LogP) is 3.89. The van der Waals surface area contributed by atoms with Crippen LogP contribution in [0.15, 0.2) is 45.3 Å². The number of rotatable bonds is 1. The molecule has 1 nitrogen and oxygen atoms in total. The van der Waals surface area contributed by atoms with E-state index in [1.807, 2.05) is 36.4 Å². The highest BCUT2D eigenvalue weighted by Gasteiger charge is 2.01. The molecule has 0 amide bonds. The van der Waals surface area contributed by atoms with Gasteiger partial charge in [-0.3, -0.25) is 0 Å². The van der Waals surface area contributed by atoms with Crippen molar-refractivity contribution in [3.05, 3.63) is 53.6 Å². The summed E-state index contributed by atoms with van der Waals surface area (Å²) in [5, 5.41) is 0. The van der Waals surface area contributed by atoms with E-state index >= 15 is 0 Å². The topological polar surface area (TPSA) is 13.1 Å². The number of hydrogen-bond donors (Lipinski definition) is 0. The number of benzene rings is 1. The zero-order valence-corrected chi connectivity index (χ0v) is 8.54. The Balaban J connectivity index is 2.46. The fraction of sp³-hybridized carbons (Fsp3) is 0. The van der Waals surface area contributed by atoms with E-state index in [4.69, 9.17) is 4.42 Å². The molecule has 0 N–H and O–H groups in total. The lowest BCUT2D eigenvalue weighted by Gasteiger charge is -1.96. The van der Waals surface area contributed by atoms with E-state index in [0.29, 0.717) is 5.76 Å². The minimum absolute atomic E-state index is 0.690. The molecule has 13 heavy (non-hydrogen) atoms. The van der Waals surface area contributed by atoms with Crippen LogP contribution >= 0.6 is 15.9 Å². The van der Waals surface area contributed by atoms with Crippen LogP contribution in [0.25, 0.3) is 11.3 Å². The lowest BCUT2D eigenvalue weighted by Crippen LogP contribution is -1.72. The van der Waals surface area contributed by atoms with Gasteiger partial charge in [-0.1, -0.05) is 28.1 Å². The third-order valence-corrected chi connectivity index (χ3v) is 2.26. The van der Waals surface area contributed by atoms with Crippen molar-refractivity contribution in [2.24, 2.45) is 0 Å². The molecule has 0 aliphatic heterocycles.